The summed E-state index contributed by atoms with van der Waals surface area (Å²) in [5.74, 6) is 1.46. The van der Waals surface area contributed by atoms with Crippen LogP contribution in [0.15, 0.2) is 35.5 Å². The standard InChI is InChI=1S/C21H28N4O2S/c1-4-27-19-7-5-18(6-8-19)14-24-9-11-25(12-10-24)20(26)15-28-21-22-16(2)13-17(3)23-21/h5-8,13H,4,9-12,14-15H2,1-3H3. The van der Waals surface area contributed by atoms with E-state index in [1.807, 2.05) is 43.9 Å². The Balaban J connectivity index is 1.43. The van der Waals surface area contributed by atoms with E-state index < -0.39 is 0 Å². The summed E-state index contributed by atoms with van der Waals surface area (Å²) in [6.07, 6.45) is 0. The number of hydrogen-bond acceptors (Lipinski definition) is 6. The summed E-state index contributed by atoms with van der Waals surface area (Å²) in [5, 5.41) is 0.681. The Morgan fingerprint density at radius 1 is 1.07 bits per heavy atom. The molecule has 0 saturated carbocycles. The molecule has 2 heterocycles. The summed E-state index contributed by atoms with van der Waals surface area (Å²) in [6.45, 7) is 10.8. The van der Waals surface area contributed by atoms with Crippen LogP contribution in [-0.2, 0) is 11.3 Å². The number of carbonyl (C=O) groups excluding carboxylic acids is 1. The van der Waals surface area contributed by atoms with Gasteiger partial charge in [0.05, 0.1) is 12.4 Å². The van der Waals surface area contributed by atoms with Crippen LogP contribution in [0.25, 0.3) is 0 Å². The van der Waals surface area contributed by atoms with Crippen molar-refractivity contribution >= 4 is 17.7 Å². The minimum atomic E-state index is 0.161. The highest BCUT2D eigenvalue weighted by molar-refractivity contribution is 7.99. The fourth-order valence-corrected chi connectivity index (χ4v) is 4.10. The summed E-state index contributed by atoms with van der Waals surface area (Å²) in [6, 6.07) is 10.2. The van der Waals surface area contributed by atoms with E-state index in [0.29, 0.717) is 17.5 Å². The third kappa shape index (κ3) is 5.94. The van der Waals surface area contributed by atoms with Crippen molar-refractivity contribution in [2.24, 2.45) is 0 Å². The quantitative estimate of drug-likeness (QED) is 0.526. The maximum absolute atomic E-state index is 12.5. The van der Waals surface area contributed by atoms with Crippen LogP contribution in [0.5, 0.6) is 5.75 Å². The van der Waals surface area contributed by atoms with E-state index in [9.17, 15) is 4.79 Å². The highest BCUT2D eigenvalue weighted by atomic mass is 32.2. The van der Waals surface area contributed by atoms with E-state index in [1.54, 1.807) is 0 Å². The molecule has 0 bridgehead atoms. The van der Waals surface area contributed by atoms with Gasteiger partial charge < -0.3 is 9.64 Å². The van der Waals surface area contributed by atoms with E-state index >= 15 is 0 Å². The first-order valence-electron chi connectivity index (χ1n) is 9.70. The second-order valence-electron chi connectivity index (χ2n) is 6.96. The normalized spacial score (nSPS) is 14.9. The summed E-state index contributed by atoms with van der Waals surface area (Å²) in [5.41, 5.74) is 3.14. The van der Waals surface area contributed by atoms with Crippen LogP contribution in [0.3, 0.4) is 0 Å². The van der Waals surface area contributed by atoms with Crippen LogP contribution in [-0.4, -0.2) is 64.2 Å². The molecule has 1 aromatic heterocycles. The molecule has 0 aliphatic carbocycles. The van der Waals surface area contributed by atoms with Gasteiger partial charge >= 0.3 is 0 Å². The van der Waals surface area contributed by atoms with Crippen molar-refractivity contribution in [2.75, 3.05) is 38.5 Å². The highest BCUT2D eigenvalue weighted by Crippen LogP contribution is 2.17. The first-order valence-corrected chi connectivity index (χ1v) is 10.7. The predicted molar refractivity (Wildman–Crippen MR) is 112 cm³/mol. The number of aromatic nitrogens is 2. The van der Waals surface area contributed by atoms with E-state index in [2.05, 4.69) is 27.0 Å². The molecule has 1 aromatic carbocycles. The Hall–Kier alpha value is -2.12. The molecule has 7 heteroatoms. The molecule has 0 atom stereocenters. The lowest BCUT2D eigenvalue weighted by molar-refractivity contribution is -0.130. The van der Waals surface area contributed by atoms with Crippen LogP contribution in [0, 0.1) is 13.8 Å². The predicted octanol–water partition coefficient (Wildman–Crippen LogP) is 2.93. The number of aryl methyl sites for hydroxylation is 2. The van der Waals surface area contributed by atoms with E-state index in [4.69, 9.17) is 4.74 Å². The van der Waals surface area contributed by atoms with Gasteiger partial charge in [-0.15, -0.1) is 0 Å². The van der Waals surface area contributed by atoms with Crippen LogP contribution in [0.4, 0.5) is 0 Å². The number of carbonyl (C=O) groups is 1. The van der Waals surface area contributed by atoms with Gasteiger partial charge in [0.2, 0.25) is 5.91 Å². The maximum atomic E-state index is 12.5. The minimum absolute atomic E-state index is 0.161. The summed E-state index contributed by atoms with van der Waals surface area (Å²) >= 11 is 1.42. The molecule has 3 rings (SSSR count). The maximum Gasteiger partial charge on any atom is 0.233 e. The number of benzene rings is 1. The van der Waals surface area contributed by atoms with Crippen LogP contribution in [0.1, 0.15) is 23.9 Å². The average molecular weight is 401 g/mol. The Morgan fingerprint density at radius 3 is 2.32 bits per heavy atom. The molecule has 28 heavy (non-hydrogen) atoms. The topological polar surface area (TPSA) is 58.6 Å². The summed E-state index contributed by atoms with van der Waals surface area (Å²) < 4.78 is 5.49. The first kappa shape index (κ1) is 20.6. The van der Waals surface area contributed by atoms with Gasteiger partial charge in [-0.1, -0.05) is 23.9 Å². The summed E-state index contributed by atoms with van der Waals surface area (Å²) in [4.78, 5) is 25.6. The van der Waals surface area contributed by atoms with Gasteiger partial charge in [-0.3, -0.25) is 9.69 Å². The number of hydrogen-bond donors (Lipinski definition) is 0. The van der Waals surface area contributed by atoms with Gasteiger partial charge in [0.15, 0.2) is 5.16 Å². The molecule has 150 valence electrons. The second-order valence-corrected chi connectivity index (χ2v) is 7.90. The first-order chi connectivity index (χ1) is 13.5. The lowest BCUT2D eigenvalue weighted by Gasteiger charge is -2.34. The fraction of sp³-hybridized carbons (Fsp3) is 0.476. The van der Waals surface area contributed by atoms with Crippen molar-refractivity contribution in [1.29, 1.82) is 0 Å². The molecule has 1 aliphatic heterocycles. The van der Waals surface area contributed by atoms with Gasteiger partial charge in [-0.05, 0) is 44.5 Å². The Labute approximate surface area is 171 Å². The van der Waals surface area contributed by atoms with Crippen molar-refractivity contribution < 1.29 is 9.53 Å². The van der Waals surface area contributed by atoms with Gasteiger partial charge in [0.1, 0.15) is 5.75 Å². The Kier molecular flexibility index (Phi) is 7.28. The van der Waals surface area contributed by atoms with Gasteiger partial charge in [-0.25, -0.2) is 9.97 Å². The van der Waals surface area contributed by atoms with Gasteiger partial charge in [0, 0.05) is 44.1 Å². The van der Waals surface area contributed by atoms with Gasteiger partial charge in [-0.2, -0.15) is 0 Å². The van der Waals surface area contributed by atoms with Crippen LogP contribution in [0.2, 0.25) is 0 Å². The highest BCUT2D eigenvalue weighted by Gasteiger charge is 2.21. The number of ether oxygens (including phenoxy) is 1. The fourth-order valence-electron chi connectivity index (χ4n) is 3.25. The monoisotopic (exact) mass is 400 g/mol. The largest absolute Gasteiger partial charge is 0.494 e. The molecule has 2 aromatic rings. The van der Waals surface area contributed by atoms with Crippen LogP contribution >= 0.6 is 11.8 Å². The molecule has 0 unspecified atom stereocenters. The summed E-state index contributed by atoms with van der Waals surface area (Å²) in [7, 11) is 0. The van der Waals surface area contributed by atoms with Crippen molar-refractivity contribution in [1.82, 2.24) is 19.8 Å². The number of amides is 1. The number of thioether (sulfide) groups is 1. The van der Waals surface area contributed by atoms with Crippen molar-refractivity contribution in [3.8, 4) is 5.75 Å². The molecule has 6 nitrogen and oxygen atoms in total. The van der Waals surface area contributed by atoms with E-state index in [0.717, 1.165) is 49.9 Å². The molecule has 1 fully saturated rings. The zero-order chi connectivity index (χ0) is 19.9. The third-order valence-electron chi connectivity index (χ3n) is 4.65. The van der Waals surface area contributed by atoms with Gasteiger partial charge in [0.25, 0.3) is 0 Å². The molecule has 1 aliphatic rings. The molecular formula is C21H28N4O2S. The number of piperazine rings is 1. The second kappa shape index (κ2) is 9.89. The molecule has 0 N–H and O–H groups in total. The van der Waals surface area contributed by atoms with E-state index in [-0.39, 0.29) is 5.91 Å². The Bertz CT molecular complexity index is 769. The SMILES string of the molecule is CCOc1ccc(CN2CCN(C(=O)CSc3nc(C)cc(C)n3)CC2)cc1. The molecule has 0 radical (unpaired) electrons. The van der Waals surface area contributed by atoms with Crippen molar-refractivity contribution in [3.63, 3.8) is 0 Å². The number of nitrogens with zero attached hydrogens (tertiary/aromatic N) is 4. The molecule has 0 spiro atoms. The number of rotatable bonds is 7. The van der Waals surface area contributed by atoms with Crippen molar-refractivity contribution in [2.45, 2.75) is 32.5 Å². The van der Waals surface area contributed by atoms with Crippen LogP contribution < -0.4 is 4.74 Å². The average Bonchev–Trinajstić information content (AvgIpc) is 2.68. The lowest BCUT2D eigenvalue weighted by atomic mass is 10.2. The minimum Gasteiger partial charge on any atom is -0.494 e. The third-order valence-corrected chi connectivity index (χ3v) is 5.48. The Morgan fingerprint density at radius 2 is 1.71 bits per heavy atom. The lowest BCUT2D eigenvalue weighted by Crippen LogP contribution is -2.48. The zero-order valence-electron chi connectivity index (χ0n) is 16.9. The van der Waals surface area contributed by atoms with Crippen molar-refractivity contribution in [3.05, 3.63) is 47.3 Å². The molecule has 1 amide bonds. The zero-order valence-corrected chi connectivity index (χ0v) is 17.7. The smallest absolute Gasteiger partial charge is 0.233 e. The van der Waals surface area contributed by atoms with E-state index in [1.165, 1.54) is 17.3 Å². The molecular weight excluding hydrogens is 372 g/mol. The molecule has 1 saturated heterocycles.